The fourth-order valence-corrected chi connectivity index (χ4v) is 5.12. The Bertz CT molecular complexity index is 524. The largest absolute Gasteiger partial charge is 0.466 e. The number of likely N-dealkylation sites (tertiary alicyclic amines) is 1. The van der Waals surface area contributed by atoms with E-state index in [1.807, 2.05) is 19.0 Å². The van der Waals surface area contributed by atoms with Gasteiger partial charge in [0.25, 0.3) is 0 Å². The summed E-state index contributed by atoms with van der Waals surface area (Å²) in [5.74, 6) is 0.175. The molecule has 5 nitrogen and oxygen atoms in total. The topological polar surface area (TPSA) is 49.9 Å². The highest BCUT2D eigenvalue weighted by Crippen LogP contribution is 2.22. The zero-order valence-corrected chi connectivity index (χ0v) is 23.7. The maximum atomic E-state index is 12.8. The summed E-state index contributed by atoms with van der Waals surface area (Å²) >= 11 is 0. The van der Waals surface area contributed by atoms with Crippen molar-refractivity contribution in [3.63, 3.8) is 0 Å². The summed E-state index contributed by atoms with van der Waals surface area (Å²) in [5.41, 5.74) is 0. The first-order valence-corrected chi connectivity index (χ1v) is 15.1. The van der Waals surface area contributed by atoms with E-state index < -0.39 is 0 Å². The molecule has 1 aliphatic rings. The first-order valence-electron chi connectivity index (χ1n) is 15.1. The van der Waals surface area contributed by atoms with Gasteiger partial charge in [0.15, 0.2) is 0 Å². The van der Waals surface area contributed by atoms with Gasteiger partial charge >= 0.3 is 5.97 Å². The average Bonchev–Trinajstić information content (AvgIpc) is 2.85. The summed E-state index contributed by atoms with van der Waals surface area (Å²) in [4.78, 5) is 28.7. The molecule has 1 heterocycles. The molecule has 1 fully saturated rings. The third-order valence-corrected chi connectivity index (χ3v) is 7.42. The van der Waals surface area contributed by atoms with E-state index in [1.54, 1.807) is 0 Å². The van der Waals surface area contributed by atoms with Gasteiger partial charge in [0.2, 0.25) is 5.91 Å². The van der Waals surface area contributed by atoms with Crippen molar-refractivity contribution >= 4 is 11.9 Å². The Morgan fingerprint density at radius 2 is 1.31 bits per heavy atom. The lowest BCUT2D eigenvalue weighted by molar-refractivity contribution is -0.144. The quantitative estimate of drug-likeness (QED) is 0.115. The summed E-state index contributed by atoms with van der Waals surface area (Å²) in [6.45, 7) is 4.30. The zero-order chi connectivity index (χ0) is 25.6. The third kappa shape index (κ3) is 17.9. The van der Waals surface area contributed by atoms with Crippen molar-refractivity contribution in [1.82, 2.24) is 9.80 Å². The van der Waals surface area contributed by atoms with Crippen LogP contribution in [0.4, 0.5) is 0 Å². The number of unbranched alkanes of at least 4 members (excludes halogenated alkanes) is 14. The highest BCUT2D eigenvalue weighted by atomic mass is 16.5. The Morgan fingerprint density at radius 3 is 1.86 bits per heavy atom. The van der Waals surface area contributed by atoms with Crippen LogP contribution in [0, 0.1) is 0 Å². The van der Waals surface area contributed by atoms with E-state index in [2.05, 4.69) is 11.8 Å². The van der Waals surface area contributed by atoms with E-state index in [1.165, 1.54) is 96.3 Å². The second-order valence-electron chi connectivity index (χ2n) is 11.0. The second kappa shape index (κ2) is 22.1. The van der Waals surface area contributed by atoms with Crippen LogP contribution in [0.25, 0.3) is 0 Å². The Kier molecular flexibility index (Phi) is 20.2. The number of esters is 1. The predicted octanol–water partition coefficient (Wildman–Crippen LogP) is 7.51. The molecule has 0 bridgehead atoms. The molecule has 1 amide bonds. The summed E-state index contributed by atoms with van der Waals surface area (Å²) in [6.07, 6.45) is 25.4. The minimum absolute atomic E-state index is 0.134. The molecule has 1 saturated heterocycles. The highest BCUT2D eigenvalue weighted by Gasteiger charge is 2.26. The van der Waals surface area contributed by atoms with Crippen LogP contribution in [0.3, 0.4) is 0 Å². The molecule has 0 aromatic rings. The lowest BCUT2D eigenvalue weighted by atomic mass is 9.98. The van der Waals surface area contributed by atoms with Gasteiger partial charge in [0.1, 0.15) is 0 Å². The molecule has 0 aromatic carbocycles. The van der Waals surface area contributed by atoms with E-state index in [0.717, 1.165) is 32.2 Å². The lowest BCUT2D eigenvalue weighted by Gasteiger charge is -2.36. The number of ether oxygens (including phenoxy) is 1. The maximum Gasteiger partial charge on any atom is 0.307 e. The van der Waals surface area contributed by atoms with Crippen molar-refractivity contribution in [3.05, 3.63) is 0 Å². The second-order valence-corrected chi connectivity index (χ2v) is 11.0. The Labute approximate surface area is 217 Å². The number of piperidine rings is 1. The van der Waals surface area contributed by atoms with Crippen LogP contribution in [-0.2, 0) is 14.3 Å². The summed E-state index contributed by atoms with van der Waals surface area (Å²) in [5, 5.41) is 0. The Hall–Kier alpha value is -1.10. The molecule has 0 N–H and O–H groups in total. The molecule has 5 heteroatoms. The third-order valence-electron chi connectivity index (χ3n) is 7.42. The van der Waals surface area contributed by atoms with Crippen LogP contribution >= 0.6 is 0 Å². The van der Waals surface area contributed by atoms with Crippen LogP contribution in [0.5, 0.6) is 0 Å². The van der Waals surface area contributed by atoms with E-state index in [4.69, 9.17) is 4.74 Å². The fourth-order valence-electron chi connectivity index (χ4n) is 5.12. The molecular weight excluding hydrogens is 436 g/mol. The van der Waals surface area contributed by atoms with Gasteiger partial charge in [0, 0.05) is 32.0 Å². The molecule has 1 aliphatic heterocycles. The van der Waals surface area contributed by atoms with Crippen molar-refractivity contribution in [2.75, 3.05) is 33.8 Å². The van der Waals surface area contributed by atoms with Gasteiger partial charge in [-0.3, -0.25) is 9.59 Å². The van der Waals surface area contributed by atoms with Crippen LogP contribution in [0.1, 0.15) is 142 Å². The van der Waals surface area contributed by atoms with Gasteiger partial charge in [-0.25, -0.2) is 0 Å². The average molecular weight is 495 g/mol. The summed E-state index contributed by atoms with van der Waals surface area (Å²) in [7, 11) is 3.91. The normalized spacial score (nSPS) is 16.1. The van der Waals surface area contributed by atoms with E-state index in [-0.39, 0.29) is 12.0 Å². The molecule has 35 heavy (non-hydrogen) atoms. The van der Waals surface area contributed by atoms with Crippen molar-refractivity contribution < 1.29 is 14.3 Å². The molecule has 0 aromatic heterocycles. The van der Waals surface area contributed by atoms with Crippen LogP contribution in [-0.4, -0.2) is 61.5 Å². The number of rotatable bonds is 22. The molecule has 1 unspecified atom stereocenters. The SMILES string of the molecule is CCCCCCCCCCCCCCCCCC(=O)N1CCCCC1CCOC(=O)CCN(C)C. The van der Waals surface area contributed by atoms with Gasteiger partial charge < -0.3 is 14.5 Å². The van der Waals surface area contributed by atoms with E-state index >= 15 is 0 Å². The monoisotopic (exact) mass is 494 g/mol. The number of carbonyl (C=O) groups excluding carboxylic acids is 2. The molecule has 1 rings (SSSR count). The van der Waals surface area contributed by atoms with Crippen LogP contribution in [0.2, 0.25) is 0 Å². The van der Waals surface area contributed by atoms with Crippen molar-refractivity contribution in [3.8, 4) is 0 Å². The van der Waals surface area contributed by atoms with Gasteiger partial charge in [0.05, 0.1) is 13.0 Å². The Balaban J connectivity index is 2.01. The van der Waals surface area contributed by atoms with Gasteiger partial charge in [-0.05, 0) is 39.8 Å². The smallest absolute Gasteiger partial charge is 0.307 e. The minimum Gasteiger partial charge on any atom is -0.466 e. The molecule has 0 spiro atoms. The fraction of sp³-hybridized carbons (Fsp3) is 0.933. The first kappa shape index (κ1) is 31.9. The Morgan fingerprint density at radius 1 is 0.771 bits per heavy atom. The van der Waals surface area contributed by atoms with Crippen LogP contribution in [0.15, 0.2) is 0 Å². The summed E-state index contributed by atoms with van der Waals surface area (Å²) in [6, 6.07) is 0.245. The van der Waals surface area contributed by atoms with Gasteiger partial charge in [-0.2, -0.15) is 0 Å². The van der Waals surface area contributed by atoms with Gasteiger partial charge in [-0.1, -0.05) is 96.8 Å². The molecular formula is C30H58N2O3. The van der Waals surface area contributed by atoms with E-state index in [9.17, 15) is 9.59 Å². The molecule has 0 saturated carbocycles. The standard InChI is InChI=1S/C30H58N2O3/c1-4-5-6-7-8-9-10-11-12-13-14-15-16-17-18-22-29(33)32-25-20-19-21-28(32)24-27-35-30(34)23-26-31(2)3/h28H,4-27H2,1-3H3. The lowest BCUT2D eigenvalue weighted by Crippen LogP contribution is -2.44. The van der Waals surface area contributed by atoms with Gasteiger partial charge in [-0.15, -0.1) is 0 Å². The number of nitrogens with zero attached hydrogens (tertiary/aromatic N) is 2. The zero-order valence-electron chi connectivity index (χ0n) is 23.7. The van der Waals surface area contributed by atoms with Crippen molar-refractivity contribution in [2.45, 2.75) is 148 Å². The summed E-state index contributed by atoms with van der Waals surface area (Å²) < 4.78 is 5.41. The number of carbonyl (C=O) groups is 2. The van der Waals surface area contributed by atoms with Crippen LogP contribution < -0.4 is 0 Å². The predicted molar refractivity (Wildman–Crippen MR) is 148 cm³/mol. The number of hydrogen-bond donors (Lipinski definition) is 0. The molecule has 0 aliphatic carbocycles. The van der Waals surface area contributed by atoms with E-state index in [0.29, 0.717) is 31.9 Å². The van der Waals surface area contributed by atoms with Crippen molar-refractivity contribution in [1.29, 1.82) is 0 Å². The highest BCUT2D eigenvalue weighted by molar-refractivity contribution is 5.76. The molecule has 0 radical (unpaired) electrons. The molecule has 206 valence electrons. The molecule has 1 atom stereocenters. The van der Waals surface area contributed by atoms with Crippen molar-refractivity contribution in [2.24, 2.45) is 0 Å². The number of amides is 1. The first-order chi connectivity index (χ1) is 17.0. The number of hydrogen-bond acceptors (Lipinski definition) is 4. The maximum absolute atomic E-state index is 12.8. The minimum atomic E-state index is -0.134.